The van der Waals surface area contributed by atoms with Crippen LogP contribution in [0.5, 0.6) is 0 Å². The molecule has 0 spiro atoms. The molecule has 0 saturated carbocycles. The number of hydrogen-bond acceptors (Lipinski definition) is 3. The van der Waals surface area contributed by atoms with Gasteiger partial charge in [-0.25, -0.2) is 0 Å². The van der Waals surface area contributed by atoms with Crippen LogP contribution in [0.15, 0.2) is 0 Å². The second-order valence-electron chi connectivity index (χ2n) is 3.66. The van der Waals surface area contributed by atoms with Crippen molar-refractivity contribution in [3.63, 3.8) is 0 Å². The molecule has 4 heteroatoms. The van der Waals surface area contributed by atoms with E-state index >= 15 is 0 Å². The summed E-state index contributed by atoms with van der Waals surface area (Å²) in [5.74, 6) is -1.11. The Hall–Kier alpha value is 1.07. The van der Waals surface area contributed by atoms with Gasteiger partial charge in [-0.3, -0.25) is 0 Å². The first-order valence-corrected chi connectivity index (χ1v) is 5.34. The maximum Gasteiger partial charge on any atom is 1.00 e. The first-order valence-electron chi connectivity index (χ1n) is 5.34. The Morgan fingerprint density at radius 1 is 1.33 bits per heavy atom. The monoisotopic (exact) mass is 242 g/mol. The Bertz CT molecular complexity index is 135. The molecule has 0 rings (SSSR count). The largest absolute Gasteiger partial charge is 1.00 e. The fourth-order valence-electron chi connectivity index (χ4n) is 0.939. The third-order valence-electron chi connectivity index (χ3n) is 1.73. The zero-order chi connectivity index (χ0) is 11.6. The molecule has 3 nitrogen and oxygen atoms in total. The molecule has 1 atom stereocenters. The van der Waals surface area contributed by atoms with Gasteiger partial charge in [0.05, 0.1) is 0 Å². The minimum atomic E-state index is -0.893. The molecule has 0 amide bonds. The van der Waals surface area contributed by atoms with Crippen LogP contribution < -0.4 is 56.5 Å². The molecule has 15 heavy (non-hydrogen) atoms. The minimum absolute atomic E-state index is 0. The molecular weight excluding hydrogens is 219 g/mol. The normalized spacial score (nSPS) is 11.1. The van der Waals surface area contributed by atoms with Gasteiger partial charge in [0, 0.05) is 12.1 Å². The molecule has 86 valence electrons. The molecule has 0 heterocycles. The van der Waals surface area contributed by atoms with Gasteiger partial charge in [-0.15, -0.1) is 0 Å². The molecule has 0 aliphatic carbocycles. The van der Waals surface area contributed by atoms with E-state index in [-0.39, 0.29) is 63.4 Å². The SMILES string of the molecule is CC(C)O.CCCCC(CC)C(=O)[O-].[K+]. The second-order valence-corrected chi connectivity index (χ2v) is 3.66. The number of rotatable bonds is 5. The summed E-state index contributed by atoms with van der Waals surface area (Å²) in [6.45, 7) is 7.39. The number of aliphatic carboxylic acids is 1. The average Bonchev–Trinajstić information content (AvgIpc) is 2.04. The van der Waals surface area contributed by atoms with Crippen LogP contribution in [0.25, 0.3) is 0 Å². The van der Waals surface area contributed by atoms with Crippen molar-refractivity contribution in [2.45, 2.75) is 59.5 Å². The van der Waals surface area contributed by atoms with Crippen molar-refractivity contribution in [1.82, 2.24) is 0 Å². The van der Waals surface area contributed by atoms with E-state index in [2.05, 4.69) is 6.92 Å². The maximum absolute atomic E-state index is 10.3. The van der Waals surface area contributed by atoms with Gasteiger partial charge in [0.1, 0.15) is 0 Å². The van der Waals surface area contributed by atoms with E-state index < -0.39 is 5.97 Å². The summed E-state index contributed by atoms with van der Waals surface area (Å²) in [6.07, 6.45) is 3.36. The van der Waals surface area contributed by atoms with Crippen LogP contribution in [-0.4, -0.2) is 17.2 Å². The summed E-state index contributed by atoms with van der Waals surface area (Å²) < 4.78 is 0. The third kappa shape index (κ3) is 21.0. The fraction of sp³-hybridized carbons (Fsp3) is 0.909. The van der Waals surface area contributed by atoms with E-state index in [0.717, 1.165) is 19.3 Å². The number of carboxylic acid groups (broad SMARTS) is 1. The Labute approximate surface area is 136 Å². The molecule has 0 aromatic rings. The fourth-order valence-corrected chi connectivity index (χ4v) is 0.939. The predicted octanol–water partition coefficient (Wildman–Crippen LogP) is -1.66. The van der Waals surface area contributed by atoms with E-state index in [1.54, 1.807) is 13.8 Å². The second kappa shape index (κ2) is 15.1. The van der Waals surface area contributed by atoms with Crippen LogP contribution >= 0.6 is 0 Å². The molecule has 0 aromatic heterocycles. The van der Waals surface area contributed by atoms with Crippen LogP contribution in [-0.2, 0) is 4.79 Å². The molecule has 0 fully saturated rings. The molecule has 0 radical (unpaired) electrons. The molecule has 0 aromatic carbocycles. The van der Waals surface area contributed by atoms with Crippen molar-refractivity contribution >= 4 is 5.97 Å². The average molecular weight is 242 g/mol. The van der Waals surface area contributed by atoms with Crippen molar-refractivity contribution in [2.75, 3.05) is 0 Å². The van der Waals surface area contributed by atoms with Gasteiger partial charge in [0.15, 0.2) is 0 Å². The van der Waals surface area contributed by atoms with E-state index in [1.165, 1.54) is 0 Å². The van der Waals surface area contributed by atoms with Crippen molar-refractivity contribution in [3.05, 3.63) is 0 Å². The molecular formula is C11H23KO3. The van der Waals surface area contributed by atoms with Crippen molar-refractivity contribution in [3.8, 4) is 0 Å². The number of carbonyl (C=O) groups is 1. The first kappa shape index (κ1) is 21.4. The maximum atomic E-state index is 10.3. The van der Waals surface area contributed by atoms with Gasteiger partial charge in [-0.05, 0) is 32.6 Å². The number of unbranched alkanes of at least 4 members (excludes halogenated alkanes) is 1. The van der Waals surface area contributed by atoms with Gasteiger partial charge in [0.25, 0.3) is 0 Å². The first-order chi connectivity index (χ1) is 6.45. The molecule has 0 bridgehead atoms. The van der Waals surface area contributed by atoms with Crippen LogP contribution in [0.4, 0.5) is 0 Å². The number of carboxylic acids is 1. The zero-order valence-electron chi connectivity index (χ0n) is 10.7. The van der Waals surface area contributed by atoms with Gasteiger partial charge in [-0.2, -0.15) is 0 Å². The summed E-state index contributed by atoms with van der Waals surface area (Å²) in [4.78, 5) is 10.3. The van der Waals surface area contributed by atoms with Crippen LogP contribution in [0.1, 0.15) is 53.4 Å². The zero-order valence-corrected chi connectivity index (χ0v) is 13.9. The third-order valence-corrected chi connectivity index (χ3v) is 1.73. The van der Waals surface area contributed by atoms with Crippen LogP contribution in [0.3, 0.4) is 0 Å². The summed E-state index contributed by atoms with van der Waals surface area (Å²) in [6, 6.07) is 0. The van der Waals surface area contributed by atoms with E-state index in [0.29, 0.717) is 6.42 Å². The molecule has 1 N–H and O–H groups in total. The molecule has 1 unspecified atom stereocenters. The number of aliphatic hydroxyl groups is 1. The molecule has 0 saturated heterocycles. The summed E-state index contributed by atoms with van der Waals surface area (Å²) >= 11 is 0. The summed E-state index contributed by atoms with van der Waals surface area (Å²) in [5.41, 5.74) is 0. The van der Waals surface area contributed by atoms with Gasteiger partial charge >= 0.3 is 51.4 Å². The predicted molar refractivity (Wildman–Crippen MR) is 55.7 cm³/mol. The number of carbonyl (C=O) groups excluding carboxylic acids is 1. The van der Waals surface area contributed by atoms with Gasteiger partial charge < -0.3 is 15.0 Å². The smallest absolute Gasteiger partial charge is 0.550 e. The molecule has 0 aliphatic rings. The van der Waals surface area contributed by atoms with E-state index in [4.69, 9.17) is 5.11 Å². The topological polar surface area (TPSA) is 60.4 Å². The van der Waals surface area contributed by atoms with Gasteiger partial charge in [0.2, 0.25) is 0 Å². The number of hydrogen-bond donors (Lipinski definition) is 1. The molecule has 0 aliphatic heterocycles. The van der Waals surface area contributed by atoms with Crippen molar-refractivity contribution in [2.24, 2.45) is 5.92 Å². The Balaban J connectivity index is -0.000000249. The van der Waals surface area contributed by atoms with Crippen molar-refractivity contribution in [1.29, 1.82) is 0 Å². The Morgan fingerprint density at radius 2 is 1.73 bits per heavy atom. The van der Waals surface area contributed by atoms with Crippen LogP contribution in [0, 0.1) is 5.92 Å². The van der Waals surface area contributed by atoms with Crippen molar-refractivity contribution < 1.29 is 66.4 Å². The quantitative estimate of drug-likeness (QED) is 0.587. The van der Waals surface area contributed by atoms with Crippen LogP contribution in [0.2, 0.25) is 0 Å². The summed E-state index contributed by atoms with van der Waals surface area (Å²) in [7, 11) is 0. The standard InChI is InChI=1S/C8H16O2.C3H8O.K/c1-3-5-6-7(4-2)8(9)10;1-3(2)4;/h7H,3-6H2,1-2H3,(H,9,10);3-4H,1-2H3;/q;;+1/p-1. The van der Waals surface area contributed by atoms with Gasteiger partial charge in [-0.1, -0.05) is 26.7 Å². The Kier molecular flexibility index (Phi) is 21.5. The van der Waals surface area contributed by atoms with E-state index in [9.17, 15) is 9.90 Å². The number of aliphatic hydroxyl groups excluding tert-OH is 1. The minimum Gasteiger partial charge on any atom is -0.550 e. The Morgan fingerprint density at radius 3 is 1.93 bits per heavy atom. The summed E-state index contributed by atoms with van der Waals surface area (Å²) in [5, 5.41) is 18.4. The van der Waals surface area contributed by atoms with E-state index in [1.807, 2.05) is 6.92 Å².